The van der Waals surface area contributed by atoms with E-state index in [0.717, 1.165) is 56.0 Å². The average Bonchev–Trinajstić information content (AvgIpc) is 4.11. The van der Waals surface area contributed by atoms with Crippen LogP contribution in [0.3, 0.4) is 0 Å². The van der Waals surface area contributed by atoms with E-state index in [0.29, 0.717) is 65.3 Å². The van der Waals surface area contributed by atoms with E-state index in [9.17, 15) is 25.2 Å². The predicted molar refractivity (Wildman–Crippen MR) is 203 cm³/mol. The lowest BCUT2D eigenvalue weighted by molar-refractivity contribution is -0.442. The molecule has 4 aromatic rings. The van der Waals surface area contributed by atoms with Gasteiger partial charge < -0.3 is 40.1 Å². The normalized spacial score (nSPS) is 23.6. The van der Waals surface area contributed by atoms with Gasteiger partial charge in [0.2, 0.25) is 5.88 Å². The minimum Gasteiger partial charge on any atom is -0.485 e. The van der Waals surface area contributed by atoms with Gasteiger partial charge in [-0.15, -0.1) is 5.10 Å². The summed E-state index contributed by atoms with van der Waals surface area (Å²) < 4.78 is 15.9. The van der Waals surface area contributed by atoms with Crippen LogP contribution in [0.4, 0.5) is 11.6 Å². The molecule has 15 heteroatoms. The number of rotatable bonds is 8. The summed E-state index contributed by atoms with van der Waals surface area (Å²) in [7, 11) is 0. The fourth-order valence-electron chi connectivity index (χ4n) is 9.52. The summed E-state index contributed by atoms with van der Waals surface area (Å²) in [4.78, 5) is 26.0. The van der Waals surface area contributed by atoms with Crippen molar-refractivity contribution in [3.05, 3.63) is 78.0 Å². The van der Waals surface area contributed by atoms with E-state index in [-0.39, 0.29) is 28.2 Å². The molecule has 4 bridgehead atoms. The van der Waals surface area contributed by atoms with Crippen LogP contribution in [-0.4, -0.2) is 76.5 Å². The number of ether oxygens (including phenoxy) is 2. The third kappa shape index (κ3) is 6.20. The number of amides is 1. The molecule has 2 spiro atoms. The van der Waals surface area contributed by atoms with Crippen molar-refractivity contribution in [2.45, 2.75) is 88.2 Å². The number of fused-ring (bicyclic) bond motifs is 7. The molecule has 5 heterocycles. The van der Waals surface area contributed by atoms with E-state index >= 15 is 0 Å². The van der Waals surface area contributed by atoms with Gasteiger partial charge in [0.1, 0.15) is 17.5 Å². The van der Waals surface area contributed by atoms with Gasteiger partial charge in [0.25, 0.3) is 11.7 Å². The Morgan fingerprint density at radius 1 is 0.964 bits per heavy atom. The van der Waals surface area contributed by atoms with E-state index in [1.54, 1.807) is 12.1 Å². The maximum atomic E-state index is 14.0. The number of pyridine rings is 2. The zero-order valence-electron chi connectivity index (χ0n) is 31.1. The number of carbonyl (C=O) groups is 1. The van der Waals surface area contributed by atoms with Crippen molar-refractivity contribution in [2.75, 3.05) is 23.3 Å². The molecule has 2 aliphatic heterocycles. The third-order valence-corrected chi connectivity index (χ3v) is 13.5. The molecule has 6 N–H and O–H groups in total. The second-order valence-corrected chi connectivity index (χ2v) is 17.5. The maximum Gasteiger partial charge on any atom is 0.380 e. The molecule has 5 aliphatic rings. The summed E-state index contributed by atoms with van der Waals surface area (Å²) in [5.74, 6) is -4.66. The molecule has 290 valence electrons. The quantitative estimate of drug-likeness (QED) is 0.108. The first-order valence-electron chi connectivity index (χ1n) is 19.1. The van der Waals surface area contributed by atoms with Gasteiger partial charge in [-0.3, -0.25) is 9.52 Å². The van der Waals surface area contributed by atoms with Crippen LogP contribution < -0.4 is 24.4 Å². The van der Waals surface area contributed by atoms with Crippen molar-refractivity contribution in [1.29, 1.82) is 0 Å². The zero-order valence-corrected chi connectivity index (χ0v) is 31.9. The van der Waals surface area contributed by atoms with Crippen molar-refractivity contribution < 1.29 is 34.7 Å². The summed E-state index contributed by atoms with van der Waals surface area (Å²) in [6, 6.07) is 18.4. The molecule has 1 amide bonds. The number of aliphatic hydroxyl groups is 4. The molecule has 0 radical (unpaired) electrons. The fourth-order valence-corrected chi connectivity index (χ4v) is 10.1. The summed E-state index contributed by atoms with van der Waals surface area (Å²) in [5.41, 5.74) is 0.615. The van der Waals surface area contributed by atoms with Crippen LogP contribution in [0.2, 0.25) is 0 Å². The summed E-state index contributed by atoms with van der Waals surface area (Å²) in [6.45, 7) is 8.35. The van der Waals surface area contributed by atoms with Crippen LogP contribution in [0.15, 0.2) is 71.9 Å². The largest absolute Gasteiger partial charge is 0.485 e. The Morgan fingerprint density at radius 3 is 2.44 bits per heavy atom. The van der Waals surface area contributed by atoms with E-state index in [4.69, 9.17) is 19.4 Å². The monoisotopic (exact) mass is 769 g/mol. The molecular weight excluding hydrogens is 723 g/mol. The topological polar surface area (TPSA) is 187 Å². The van der Waals surface area contributed by atoms with Gasteiger partial charge in [-0.25, -0.2) is 14.6 Å². The maximum absolute atomic E-state index is 14.0. The van der Waals surface area contributed by atoms with Gasteiger partial charge in [-0.05, 0) is 105 Å². The second-order valence-electron chi connectivity index (χ2n) is 16.7. The molecule has 14 nitrogen and oxygen atoms in total. The molecule has 2 atom stereocenters. The van der Waals surface area contributed by atoms with E-state index < -0.39 is 17.7 Å². The van der Waals surface area contributed by atoms with Crippen LogP contribution >= 0.6 is 11.9 Å². The Bertz CT molecular complexity index is 2100. The number of carbonyl (C=O) groups excluding carboxylic acids is 1. The smallest absolute Gasteiger partial charge is 0.380 e. The van der Waals surface area contributed by atoms with Gasteiger partial charge in [-0.1, -0.05) is 37.3 Å². The Balaban J connectivity index is 0.979. The van der Waals surface area contributed by atoms with E-state index in [1.165, 1.54) is 16.9 Å². The number of nitrogens with one attached hydrogen (secondary N) is 2. The number of hydrogen-bond acceptors (Lipinski definition) is 13. The van der Waals surface area contributed by atoms with Crippen LogP contribution in [0.1, 0.15) is 75.2 Å². The first-order chi connectivity index (χ1) is 26.2. The van der Waals surface area contributed by atoms with Gasteiger partial charge in [0.15, 0.2) is 17.4 Å². The van der Waals surface area contributed by atoms with Crippen LogP contribution in [0, 0.1) is 28.6 Å². The average molecular weight is 770 g/mol. The van der Waals surface area contributed by atoms with Crippen LogP contribution in [-0.2, 0) is 6.61 Å². The highest BCUT2D eigenvalue weighted by Crippen LogP contribution is 2.94. The highest BCUT2D eigenvalue weighted by Gasteiger charge is 2.93. The van der Waals surface area contributed by atoms with Crippen molar-refractivity contribution in [2.24, 2.45) is 28.6 Å². The molecular formula is C40H47N7O7S. The van der Waals surface area contributed by atoms with Crippen molar-refractivity contribution >= 4 is 29.5 Å². The molecule has 1 aromatic carbocycles. The standard InChI is InChI=1S/C40H47N7O7S/c1-24-13-19-41-32-28(53-23-25-7-5-4-6-8-25)10-12-31(43-32)55-45-34(48)27-9-11-29(42-33(27)46-22-26(24)21-36(46,2)3)47-20-14-30(44-47)54-40(51,52)39(49,50)35-37(15-16-37)38(35)17-18-38/h4-12,14,20,24,26,35,49-52H,13,15-19,21-23H2,1-3H3,(H,41,43)(H,45,48). The van der Waals surface area contributed by atoms with E-state index in [1.807, 2.05) is 42.5 Å². The molecule has 3 aromatic heterocycles. The molecule has 2 unspecified atom stereocenters. The number of hydrogen-bond donors (Lipinski definition) is 6. The Morgan fingerprint density at radius 2 is 1.71 bits per heavy atom. The number of benzene rings is 1. The predicted octanol–water partition coefficient (Wildman–Crippen LogP) is 4.62. The lowest BCUT2D eigenvalue weighted by atomic mass is 9.86. The molecule has 9 rings (SSSR count). The zero-order chi connectivity index (χ0) is 38.4. The number of anilines is 2. The SMILES string of the molecule is CC1CCNc2nc(ccc2OCc2ccccc2)SNC(=O)c2ccc(-n3ccc(OC(O)(O)C(O)(O)C4C5(CC5)C45CC5)n3)nc2N2CC1CC2(C)C. The van der Waals surface area contributed by atoms with Gasteiger partial charge in [0.05, 0.1) is 5.56 Å². The van der Waals surface area contributed by atoms with E-state index in [2.05, 4.69) is 40.8 Å². The number of aromatic nitrogens is 4. The summed E-state index contributed by atoms with van der Waals surface area (Å²) >= 11 is 1.11. The Kier molecular flexibility index (Phi) is 8.44. The molecule has 3 saturated carbocycles. The summed E-state index contributed by atoms with van der Waals surface area (Å²) in [5, 5.41) is 52.2. The Labute approximate surface area is 323 Å². The molecule has 3 aliphatic carbocycles. The second kappa shape index (κ2) is 12.8. The van der Waals surface area contributed by atoms with Gasteiger partial charge in [-0.2, -0.15) is 0 Å². The third-order valence-electron chi connectivity index (χ3n) is 12.8. The van der Waals surface area contributed by atoms with Crippen LogP contribution in [0.5, 0.6) is 11.6 Å². The first kappa shape index (κ1) is 36.2. The fraction of sp³-hybridized carbons (Fsp3) is 0.500. The minimum atomic E-state index is -3.29. The lowest BCUT2D eigenvalue weighted by Crippen LogP contribution is -2.60. The lowest BCUT2D eigenvalue weighted by Gasteiger charge is -2.34. The molecule has 4 fully saturated rings. The van der Waals surface area contributed by atoms with Crippen LogP contribution in [0.25, 0.3) is 5.82 Å². The highest BCUT2D eigenvalue weighted by molar-refractivity contribution is 7.97. The first-order valence-corrected chi connectivity index (χ1v) is 19.9. The number of nitrogens with zero attached hydrogens (tertiary/aromatic N) is 5. The molecule has 55 heavy (non-hydrogen) atoms. The van der Waals surface area contributed by atoms with Gasteiger partial charge >= 0.3 is 5.97 Å². The Hall–Kier alpha value is -4.41. The minimum absolute atomic E-state index is 0.229. The summed E-state index contributed by atoms with van der Waals surface area (Å²) in [6.07, 6.45) is 6.67. The molecule has 1 saturated heterocycles. The van der Waals surface area contributed by atoms with Crippen molar-refractivity contribution in [3.8, 4) is 17.4 Å². The van der Waals surface area contributed by atoms with Crippen molar-refractivity contribution in [3.63, 3.8) is 0 Å². The highest BCUT2D eigenvalue weighted by atomic mass is 32.2. The van der Waals surface area contributed by atoms with Crippen molar-refractivity contribution in [1.82, 2.24) is 24.5 Å². The van der Waals surface area contributed by atoms with Gasteiger partial charge in [0, 0.05) is 48.8 Å².